The minimum Gasteiger partial charge on any atom is -0.374 e. The van der Waals surface area contributed by atoms with Crippen LogP contribution in [0.2, 0.25) is 0 Å². The van der Waals surface area contributed by atoms with Crippen LogP contribution in [0.15, 0.2) is 59.6 Å². The molecule has 0 radical (unpaired) electrons. The molecular formula is C24H34N4O2. The second kappa shape index (κ2) is 12.6. The van der Waals surface area contributed by atoms with Crippen molar-refractivity contribution in [1.29, 1.82) is 0 Å². The number of ether oxygens (including phenoxy) is 1. The molecule has 0 fully saturated rings. The second-order valence-corrected chi connectivity index (χ2v) is 7.30. The number of rotatable bonds is 10. The van der Waals surface area contributed by atoms with Crippen LogP contribution in [0.4, 0.5) is 0 Å². The summed E-state index contributed by atoms with van der Waals surface area (Å²) in [5.74, 6) is 0.783. The van der Waals surface area contributed by atoms with Crippen LogP contribution in [0.25, 0.3) is 0 Å². The summed E-state index contributed by atoms with van der Waals surface area (Å²) < 4.78 is 5.92. The van der Waals surface area contributed by atoms with E-state index in [-0.39, 0.29) is 12.0 Å². The molecule has 1 unspecified atom stereocenters. The molecule has 0 aliphatic carbocycles. The van der Waals surface area contributed by atoms with Gasteiger partial charge in [0.05, 0.1) is 12.6 Å². The number of amides is 1. The Hall–Kier alpha value is -2.86. The molecular weight excluding hydrogens is 376 g/mol. The first kappa shape index (κ1) is 23.4. The van der Waals surface area contributed by atoms with E-state index in [0.29, 0.717) is 18.7 Å². The van der Waals surface area contributed by atoms with E-state index in [1.807, 2.05) is 49.4 Å². The summed E-state index contributed by atoms with van der Waals surface area (Å²) in [6.45, 7) is 6.93. The van der Waals surface area contributed by atoms with Crippen molar-refractivity contribution in [2.24, 2.45) is 4.99 Å². The maximum atomic E-state index is 12.0. The van der Waals surface area contributed by atoms with Crippen molar-refractivity contribution >= 4 is 11.9 Å². The highest BCUT2D eigenvalue weighted by Gasteiger charge is 2.07. The fourth-order valence-corrected chi connectivity index (χ4v) is 2.88. The first-order chi connectivity index (χ1) is 14.5. The van der Waals surface area contributed by atoms with Crippen molar-refractivity contribution in [3.05, 3.63) is 71.3 Å². The molecule has 2 N–H and O–H groups in total. The summed E-state index contributed by atoms with van der Waals surface area (Å²) in [5, 5.41) is 6.61. The number of guanidine groups is 1. The van der Waals surface area contributed by atoms with Crippen LogP contribution >= 0.6 is 0 Å². The quantitative estimate of drug-likeness (QED) is 0.357. The number of hydrogen-bond donors (Lipinski definition) is 2. The fourth-order valence-electron chi connectivity index (χ4n) is 2.88. The van der Waals surface area contributed by atoms with Gasteiger partial charge in [0.15, 0.2) is 5.96 Å². The highest BCUT2D eigenvalue weighted by atomic mass is 16.5. The van der Waals surface area contributed by atoms with E-state index in [0.717, 1.165) is 31.0 Å². The van der Waals surface area contributed by atoms with Crippen LogP contribution in [0.3, 0.4) is 0 Å². The normalized spacial score (nSPS) is 12.3. The SMILES string of the molecule is CCNC(=NCc1ccc(C(=O)N(C)C)cc1)NCCCOC(C)c1ccccc1. The van der Waals surface area contributed by atoms with Gasteiger partial charge in [-0.15, -0.1) is 0 Å². The predicted molar refractivity (Wildman–Crippen MR) is 123 cm³/mol. The number of benzene rings is 2. The summed E-state index contributed by atoms with van der Waals surface area (Å²) in [7, 11) is 3.50. The summed E-state index contributed by atoms with van der Waals surface area (Å²) in [6, 6.07) is 17.8. The molecule has 6 heteroatoms. The molecule has 2 aromatic rings. The van der Waals surface area contributed by atoms with Gasteiger partial charge in [-0.05, 0) is 43.5 Å². The molecule has 6 nitrogen and oxygen atoms in total. The zero-order valence-electron chi connectivity index (χ0n) is 18.5. The molecule has 2 rings (SSSR count). The molecule has 30 heavy (non-hydrogen) atoms. The van der Waals surface area contributed by atoms with E-state index >= 15 is 0 Å². The lowest BCUT2D eigenvalue weighted by Crippen LogP contribution is -2.38. The van der Waals surface area contributed by atoms with E-state index in [9.17, 15) is 4.79 Å². The standard InChI is InChI=1S/C24H34N4O2/c1-5-25-24(26-16-9-17-30-19(2)21-10-7-6-8-11-21)27-18-20-12-14-22(15-13-20)23(29)28(3)4/h6-8,10-15,19H,5,9,16-18H2,1-4H3,(H2,25,26,27). The largest absolute Gasteiger partial charge is 0.374 e. The van der Waals surface area contributed by atoms with Crippen LogP contribution < -0.4 is 10.6 Å². The van der Waals surface area contributed by atoms with Gasteiger partial charge in [-0.1, -0.05) is 42.5 Å². The minimum atomic E-state index is 0.00357. The average Bonchev–Trinajstić information content (AvgIpc) is 2.77. The number of carbonyl (C=O) groups is 1. The van der Waals surface area contributed by atoms with Crippen molar-refractivity contribution in [1.82, 2.24) is 15.5 Å². The highest BCUT2D eigenvalue weighted by molar-refractivity contribution is 5.93. The molecule has 0 saturated heterocycles. The number of nitrogens with one attached hydrogen (secondary N) is 2. The lowest BCUT2D eigenvalue weighted by Gasteiger charge is -2.15. The van der Waals surface area contributed by atoms with Crippen LogP contribution in [0.1, 0.15) is 47.9 Å². The third-order valence-electron chi connectivity index (χ3n) is 4.62. The van der Waals surface area contributed by atoms with E-state index in [1.165, 1.54) is 5.56 Å². The zero-order valence-corrected chi connectivity index (χ0v) is 18.5. The van der Waals surface area contributed by atoms with E-state index in [4.69, 9.17) is 4.74 Å². The molecule has 1 amide bonds. The average molecular weight is 411 g/mol. The smallest absolute Gasteiger partial charge is 0.253 e. The van der Waals surface area contributed by atoms with Crippen molar-refractivity contribution in [2.75, 3.05) is 33.8 Å². The minimum absolute atomic E-state index is 0.00357. The lowest BCUT2D eigenvalue weighted by atomic mass is 10.1. The third kappa shape index (κ3) is 7.87. The summed E-state index contributed by atoms with van der Waals surface area (Å²) in [5.41, 5.74) is 2.93. The molecule has 1 atom stereocenters. The van der Waals surface area contributed by atoms with Gasteiger partial charge in [-0.25, -0.2) is 4.99 Å². The monoisotopic (exact) mass is 410 g/mol. The predicted octanol–water partition coefficient (Wildman–Crippen LogP) is 3.61. The van der Waals surface area contributed by atoms with E-state index < -0.39 is 0 Å². The topological polar surface area (TPSA) is 66.0 Å². The molecule has 162 valence electrons. The van der Waals surface area contributed by atoms with Gasteiger partial charge in [0.25, 0.3) is 5.91 Å². The molecule has 0 saturated carbocycles. The Morgan fingerprint density at radius 3 is 2.40 bits per heavy atom. The van der Waals surface area contributed by atoms with Crippen LogP contribution in [0.5, 0.6) is 0 Å². The van der Waals surface area contributed by atoms with Crippen LogP contribution in [-0.2, 0) is 11.3 Å². The van der Waals surface area contributed by atoms with Crippen molar-refractivity contribution in [3.8, 4) is 0 Å². The van der Waals surface area contributed by atoms with Gasteiger partial charge in [0.2, 0.25) is 0 Å². The molecule has 0 spiro atoms. The lowest BCUT2D eigenvalue weighted by molar-refractivity contribution is 0.0646. The molecule has 0 aliphatic heterocycles. The highest BCUT2D eigenvalue weighted by Crippen LogP contribution is 2.15. The van der Waals surface area contributed by atoms with Gasteiger partial charge in [-0.3, -0.25) is 4.79 Å². The van der Waals surface area contributed by atoms with Crippen LogP contribution in [-0.4, -0.2) is 50.6 Å². The van der Waals surface area contributed by atoms with E-state index in [2.05, 4.69) is 34.7 Å². The van der Waals surface area contributed by atoms with Gasteiger partial charge >= 0.3 is 0 Å². The van der Waals surface area contributed by atoms with Crippen LogP contribution in [0, 0.1) is 0 Å². The van der Waals surface area contributed by atoms with Crippen molar-refractivity contribution in [3.63, 3.8) is 0 Å². The Labute approximate surface area is 180 Å². The number of nitrogens with zero attached hydrogens (tertiary/aromatic N) is 2. The van der Waals surface area contributed by atoms with Gasteiger partial charge in [0.1, 0.15) is 0 Å². The molecule has 2 aromatic carbocycles. The number of carbonyl (C=O) groups excluding carboxylic acids is 1. The fraction of sp³-hybridized carbons (Fsp3) is 0.417. The van der Waals surface area contributed by atoms with Gasteiger partial charge in [-0.2, -0.15) is 0 Å². The molecule has 0 bridgehead atoms. The van der Waals surface area contributed by atoms with Crippen molar-refractivity contribution < 1.29 is 9.53 Å². The van der Waals surface area contributed by atoms with E-state index in [1.54, 1.807) is 19.0 Å². The Morgan fingerprint density at radius 2 is 1.77 bits per heavy atom. The Bertz CT molecular complexity index is 789. The van der Waals surface area contributed by atoms with Gasteiger partial charge in [0, 0.05) is 39.4 Å². The summed E-state index contributed by atoms with van der Waals surface area (Å²) in [4.78, 5) is 18.2. The maximum absolute atomic E-state index is 12.0. The first-order valence-corrected chi connectivity index (χ1v) is 10.5. The summed E-state index contributed by atoms with van der Waals surface area (Å²) >= 11 is 0. The second-order valence-electron chi connectivity index (χ2n) is 7.30. The Kier molecular flexibility index (Phi) is 9.87. The summed E-state index contributed by atoms with van der Waals surface area (Å²) in [6.07, 6.45) is 0.985. The maximum Gasteiger partial charge on any atom is 0.253 e. The third-order valence-corrected chi connectivity index (χ3v) is 4.62. The Morgan fingerprint density at radius 1 is 1.07 bits per heavy atom. The number of aliphatic imine (C=N–C) groups is 1. The molecule has 0 aliphatic rings. The van der Waals surface area contributed by atoms with Crippen molar-refractivity contribution in [2.45, 2.75) is 32.9 Å². The first-order valence-electron chi connectivity index (χ1n) is 10.5. The Balaban J connectivity index is 1.76. The molecule has 0 heterocycles. The number of hydrogen-bond acceptors (Lipinski definition) is 3. The zero-order chi connectivity index (χ0) is 21.8. The van der Waals surface area contributed by atoms with Gasteiger partial charge < -0.3 is 20.3 Å². The molecule has 0 aromatic heterocycles.